The highest BCUT2D eigenvalue weighted by atomic mass is 15.3. The van der Waals surface area contributed by atoms with Crippen LogP contribution in [0.25, 0.3) is 33.1 Å². The van der Waals surface area contributed by atoms with Crippen LogP contribution in [0.5, 0.6) is 0 Å². The Morgan fingerprint density at radius 3 is 1.66 bits per heavy atom. The summed E-state index contributed by atoms with van der Waals surface area (Å²) >= 11 is 0. The minimum Gasteiger partial charge on any atom is -0.252 e. The van der Waals surface area contributed by atoms with E-state index in [9.17, 15) is 0 Å². The molecule has 0 bridgehead atoms. The Balaban J connectivity index is 1.61. The molecule has 2 heterocycles. The number of nitrogens with zero attached hydrogens (tertiary/aromatic N) is 3. The van der Waals surface area contributed by atoms with E-state index in [1.807, 2.05) is 12.3 Å². The zero-order valence-electron chi connectivity index (χ0n) is 20.8. The first-order valence-corrected chi connectivity index (χ1v) is 12.9. The van der Waals surface area contributed by atoms with Gasteiger partial charge in [0.15, 0.2) is 0 Å². The molecule has 0 spiro atoms. The summed E-state index contributed by atoms with van der Waals surface area (Å²) < 4.78 is 2.18. The summed E-state index contributed by atoms with van der Waals surface area (Å²) in [7, 11) is 0. The molecular weight excluding hydrogens is 462 g/mol. The second-order valence-electron chi connectivity index (χ2n) is 9.50. The Kier molecular flexibility index (Phi) is 5.33. The molecule has 0 amide bonds. The van der Waals surface area contributed by atoms with Gasteiger partial charge in [0, 0.05) is 11.8 Å². The molecule has 7 rings (SSSR count). The third-order valence-corrected chi connectivity index (χ3v) is 7.35. The predicted octanol–water partition coefficient (Wildman–Crippen LogP) is 8.09. The summed E-state index contributed by atoms with van der Waals surface area (Å²) in [6.07, 6.45) is 1.86. The van der Waals surface area contributed by atoms with Crippen molar-refractivity contribution >= 4 is 21.8 Å². The molecule has 0 saturated heterocycles. The van der Waals surface area contributed by atoms with Gasteiger partial charge in [-0.05, 0) is 45.7 Å². The van der Waals surface area contributed by atoms with E-state index in [1.165, 1.54) is 10.8 Å². The number of benzene rings is 5. The van der Waals surface area contributed by atoms with E-state index in [4.69, 9.17) is 10.1 Å². The summed E-state index contributed by atoms with van der Waals surface area (Å²) in [4.78, 5) is 4.87. The number of pyridine rings is 1. The summed E-state index contributed by atoms with van der Waals surface area (Å²) in [6.45, 7) is 0. The lowest BCUT2D eigenvalue weighted by atomic mass is 9.77. The average molecular weight is 488 g/mol. The van der Waals surface area contributed by atoms with Crippen LogP contribution in [0, 0.1) is 0 Å². The molecule has 0 atom stereocenters. The van der Waals surface area contributed by atoms with Gasteiger partial charge in [-0.15, -0.1) is 0 Å². The van der Waals surface area contributed by atoms with Crippen molar-refractivity contribution in [3.05, 3.63) is 168 Å². The molecule has 3 heteroatoms. The number of hydrogen-bond acceptors (Lipinski definition) is 2. The second-order valence-corrected chi connectivity index (χ2v) is 9.50. The molecular formula is C35H25N3. The summed E-state index contributed by atoms with van der Waals surface area (Å²) in [6, 6.07) is 51.0. The van der Waals surface area contributed by atoms with E-state index in [1.54, 1.807) is 0 Å². The predicted molar refractivity (Wildman–Crippen MR) is 155 cm³/mol. The van der Waals surface area contributed by atoms with Gasteiger partial charge in [0.1, 0.15) is 16.7 Å². The average Bonchev–Trinajstić information content (AvgIpc) is 3.39. The highest BCUT2D eigenvalue weighted by Gasteiger charge is 2.41. The topological polar surface area (TPSA) is 30.7 Å². The van der Waals surface area contributed by atoms with Crippen LogP contribution in [0.1, 0.15) is 16.7 Å². The smallest absolute Gasteiger partial charge is 0.138 e. The first kappa shape index (κ1) is 22.2. The maximum absolute atomic E-state index is 5.42. The Bertz CT molecular complexity index is 1760. The molecule has 0 fully saturated rings. The minimum absolute atomic E-state index is 0.708. The van der Waals surface area contributed by atoms with Crippen LogP contribution in [0.2, 0.25) is 0 Å². The van der Waals surface area contributed by atoms with Gasteiger partial charge in [0.25, 0.3) is 0 Å². The fourth-order valence-corrected chi connectivity index (χ4v) is 5.64. The minimum atomic E-state index is -0.708. The van der Waals surface area contributed by atoms with Crippen LogP contribution in [0.15, 0.2) is 152 Å². The van der Waals surface area contributed by atoms with E-state index in [0.717, 1.165) is 39.0 Å². The van der Waals surface area contributed by atoms with E-state index in [0.29, 0.717) is 0 Å². The number of rotatable bonds is 5. The Morgan fingerprint density at radius 2 is 1.05 bits per heavy atom. The van der Waals surface area contributed by atoms with Crippen LogP contribution in [0.3, 0.4) is 0 Å². The molecule has 7 aromatic rings. The van der Waals surface area contributed by atoms with Gasteiger partial charge in [-0.3, -0.25) is 4.98 Å². The molecule has 0 aliphatic rings. The Hall–Kier alpha value is -5.02. The maximum Gasteiger partial charge on any atom is 0.138 e. The highest BCUT2D eigenvalue weighted by Crippen LogP contribution is 2.43. The highest BCUT2D eigenvalue weighted by molar-refractivity contribution is 5.94. The van der Waals surface area contributed by atoms with Gasteiger partial charge in [-0.1, -0.05) is 127 Å². The van der Waals surface area contributed by atoms with Crippen molar-refractivity contribution in [2.45, 2.75) is 5.54 Å². The lowest BCUT2D eigenvalue weighted by molar-refractivity contribution is 0.477. The van der Waals surface area contributed by atoms with E-state index < -0.39 is 5.54 Å². The SMILES string of the molecule is c1ccc(C(c2ccccc2)(c2ccccc2)n2nc(-c3ccc4ccccc4c3)c3ncccc32)cc1. The molecule has 0 radical (unpaired) electrons. The van der Waals surface area contributed by atoms with Crippen molar-refractivity contribution in [2.24, 2.45) is 0 Å². The summed E-state index contributed by atoms with van der Waals surface area (Å²) in [5.74, 6) is 0. The Morgan fingerprint density at radius 1 is 0.500 bits per heavy atom. The van der Waals surface area contributed by atoms with Crippen LogP contribution in [-0.4, -0.2) is 14.8 Å². The largest absolute Gasteiger partial charge is 0.252 e. The summed E-state index contributed by atoms with van der Waals surface area (Å²) in [5.41, 5.74) is 6.48. The molecule has 180 valence electrons. The van der Waals surface area contributed by atoms with Gasteiger partial charge in [0.2, 0.25) is 0 Å². The van der Waals surface area contributed by atoms with Gasteiger partial charge in [-0.25, -0.2) is 4.68 Å². The normalized spacial score (nSPS) is 11.7. The second kappa shape index (κ2) is 9.13. The first-order chi connectivity index (χ1) is 18.9. The fourth-order valence-electron chi connectivity index (χ4n) is 5.64. The van der Waals surface area contributed by atoms with Gasteiger partial charge in [0.05, 0.1) is 5.52 Å². The first-order valence-electron chi connectivity index (χ1n) is 12.9. The molecule has 0 unspecified atom stereocenters. The van der Waals surface area contributed by atoms with Gasteiger partial charge in [-0.2, -0.15) is 5.10 Å². The molecule has 38 heavy (non-hydrogen) atoms. The molecule has 5 aromatic carbocycles. The van der Waals surface area contributed by atoms with Crippen molar-refractivity contribution < 1.29 is 0 Å². The van der Waals surface area contributed by atoms with Crippen LogP contribution < -0.4 is 0 Å². The maximum atomic E-state index is 5.42. The molecule has 0 saturated carbocycles. The zero-order valence-corrected chi connectivity index (χ0v) is 20.8. The molecule has 0 N–H and O–H groups in total. The van der Waals surface area contributed by atoms with E-state index >= 15 is 0 Å². The third kappa shape index (κ3) is 3.44. The lowest BCUT2D eigenvalue weighted by Gasteiger charge is -2.37. The van der Waals surface area contributed by atoms with E-state index in [2.05, 4.69) is 144 Å². The monoisotopic (exact) mass is 487 g/mol. The van der Waals surface area contributed by atoms with Crippen molar-refractivity contribution in [3.8, 4) is 11.3 Å². The molecule has 3 nitrogen and oxygen atoms in total. The standard InChI is InChI=1S/C35H25N3/c1-4-15-29(16-5-1)35(30-17-6-2-7-18-30,31-19-8-3-9-20-31)38-32-21-12-24-36-34(32)33(37-38)28-23-22-26-13-10-11-14-27(26)25-28/h1-25H. The lowest BCUT2D eigenvalue weighted by Crippen LogP contribution is -2.38. The third-order valence-electron chi connectivity index (χ3n) is 7.35. The quantitative estimate of drug-likeness (QED) is 0.230. The molecule has 0 aliphatic heterocycles. The van der Waals surface area contributed by atoms with Crippen molar-refractivity contribution in [1.29, 1.82) is 0 Å². The van der Waals surface area contributed by atoms with Gasteiger partial charge >= 0.3 is 0 Å². The number of fused-ring (bicyclic) bond motifs is 2. The van der Waals surface area contributed by atoms with Crippen LogP contribution >= 0.6 is 0 Å². The summed E-state index contributed by atoms with van der Waals surface area (Å²) in [5, 5.41) is 7.82. The van der Waals surface area contributed by atoms with E-state index in [-0.39, 0.29) is 0 Å². The molecule has 2 aromatic heterocycles. The van der Waals surface area contributed by atoms with Crippen LogP contribution in [-0.2, 0) is 5.54 Å². The van der Waals surface area contributed by atoms with Crippen molar-refractivity contribution in [1.82, 2.24) is 14.8 Å². The van der Waals surface area contributed by atoms with Gasteiger partial charge < -0.3 is 0 Å². The number of hydrogen-bond donors (Lipinski definition) is 0. The van der Waals surface area contributed by atoms with Crippen LogP contribution in [0.4, 0.5) is 0 Å². The van der Waals surface area contributed by atoms with Crippen molar-refractivity contribution in [2.75, 3.05) is 0 Å². The fraction of sp³-hybridized carbons (Fsp3) is 0.0286. The number of aromatic nitrogens is 3. The van der Waals surface area contributed by atoms with Crippen molar-refractivity contribution in [3.63, 3.8) is 0 Å². The zero-order chi connectivity index (χ0) is 25.4. The Labute approximate surface area is 221 Å². The molecule has 0 aliphatic carbocycles.